The van der Waals surface area contributed by atoms with Crippen molar-refractivity contribution in [3.8, 4) is 0 Å². The number of ether oxygens (including phenoxy) is 3. The first kappa shape index (κ1) is 26.1. The van der Waals surface area contributed by atoms with Crippen LogP contribution < -0.4 is 0 Å². The second kappa shape index (κ2) is 13.4. The molecule has 0 bridgehead atoms. The number of ketones is 1. The molecule has 170 valence electrons. The summed E-state index contributed by atoms with van der Waals surface area (Å²) < 4.78 is 14.7. The summed E-state index contributed by atoms with van der Waals surface area (Å²) in [6.45, 7) is 6.48. The molecular weight excluding hydrogens is 384 g/mol. The van der Waals surface area contributed by atoms with Crippen LogP contribution in [0.1, 0.15) is 72.1 Å². The maximum Gasteiger partial charge on any atom is 0.373 e. The van der Waals surface area contributed by atoms with Crippen molar-refractivity contribution in [2.45, 2.75) is 72.1 Å². The second-order valence-corrected chi connectivity index (χ2v) is 8.75. The predicted molar refractivity (Wildman–Crippen MR) is 116 cm³/mol. The molecule has 0 N–H and O–H groups in total. The summed E-state index contributed by atoms with van der Waals surface area (Å²) in [6.07, 6.45) is 12.8. The number of hydrogen-bond donors (Lipinski definition) is 0. The first-order chi connectivity index (χ1) is 14.2. The van der Waals surface area contributed by atoms with Crippen molar-refractivity contribution in [2.75, 3.05) is 20.8 Å². The van der Waals surface area contributed by atoms with E-state index in [-0.39, 0.29) is 17.1 Å². The molecule has 6 heteroatoms. The fraction of sp³-hybridized carbons (Fsp3) is 0.708. The van der Waals surface area contributed by atoms with Crippen LogP contribution in [0.3, 0.4) is 0 Å². The smallest absolute Gasteiger partial charge is 0.373 e. The fourth-order valence-corrected chi connectivity index (χ4v) is 3.75. The third kappa shape index (κ3) is 9.70. The first-order valence-electron chi connectivity index (χ1n) is 10.9. The summed E-state index contributed by atoms with van der Waals surface area (Å²) in [5.41, 5.74) is 0.191. The number of allylic oxidation sites excluding steroid dienone is 3. The Morgan fingerprint density at radius 2 is 1.93 bits per heavy atom. The summed E-state index contributed by atoms with van der Waals surface area (Å²) in [5.74, 6) is -0.523. The van der Waals surface area contributed by atoms with Gasteiger partial charge in [-0.25, -0.2) is 4.79 Å². The molecule has 0 amide bonds. The Bertz CT molecular complexity index is 632. The summed E-state index contributed by atoms with van der Waals surface area (Å²) in [5, 5.41) is 0. The quantitative estimate of drug-likeness (QED) is 0.140. The van der Waals surface area contributed by atoms with Gasteiger partial charge in [0.1, 0.15) is 5.78 Å². The number of esters is 2. The van der Waals surface area contributed by atoms with E-state index in [1.165, 1.54) is 14.0 Å². The Balaban J connectivity index is 2.49. The van der Waals surface area contributed by atoms with Crippen molar-refractivity contribution in [1.29, 1.82) is 0 Å². The van der Waals surface area contributed by atoms with Crippen LogP contribution in [0.15, 0.2) is 24.0 Å². The number of unbranched alkanes of at least 4 members (excludes halogenated alkanes) is 2. The van der Waals surface area contributed by atoms with Crippen LogP contribution in [0.25, 0.3) is 0 Å². The molecule has 0 spiro atoms. The third-order valence-electron chi connectivity index (χ3n) is 5.63. The monoisotopic (exact) mass is 422 g/mol. The summed E-state index contributed by atoms with van der Waals surface area (Å²) >= 11 is 0. The predicted octanol–water partition coefficient (Wildman–Crippen LogP) is 4.77. The highest BCUT2D eigenvalue weighted by Crippen LogP contribution is 2.35. The number of carbonyl (C=O) groups is 3. The zero-order chi connectivity index (χ0) is 22.6. The molecule has 0 aromatic carbocycles. The SMILES string of the molecule is COCCC(C)(C)C/C=C/[C@H]1CCC(=O)[C@@H]1CCCC/C=C(\OC(C)=O)C(=O)OC. The van der Waals surface area contributed by atoms with Gasteiger partial charge in [-0.2, -0.15) is 0 Å². The lowest BCUT2D eigenvalue weighted by Crippen LogP contribution is -2.15. The molecule has 0 unspecified atom stereocenters. The number of Topliss-reactive ketones (excluding diaryl/α,β-unsaturated/α-hetero) is 1. The Labute approximate surface area is 181 Å². The minimum absolute atomic E-state index is 0.0705. The van der Waals surface area contributed by atoms with Gasteiger partial charge in [0.15, 0.2) is 0 Å². The standard InChI is InChI=1S/C24H38O6/c1-18(25)30-22(23(27)29-5)12-8-6-7-11-20-19(13-14-21(20)26)10-9-15-24(2,3)16-17-28-4/h9-10,12,19-20H,6-8,11,13-17H2,1-5H3/b10-9+,22-12-/t19-,20+/m0/s1. The zero-order valence-electron chi connectivity index (χ0n) is 19.2. The molecule has 0 aromatic heterocycles. The molecule has 1 saturated carbocycles. The summed E-state index contributed by atoms with van der Waals surface area (Å²) in [6, 6.07) is 0. The summed E-state index contributed by atoms with van der Waals surface area (Å²) in [7, 11) is 2.97. The van der Waals surface area contributed by atoms with Crippen molar-refractivity contribution < 1.29 is 28.6 Å². The van der Waals surface area contributed by atoms with Crippen LogP contribution in [-0.2, 0) is 28.6 Å². The highest BCUT2D eigenvalue weighted by Gasteiger charge is 2.32. The molecule has 1 rings (SSSR count). The van der Waals surface area contributed by atoms with Gasteiger partial charge in [0.05, 0.1) is 7.11 Å². The lowest BCUT2D eigenvalue weighted by molar-refractivity contribution is -0.148. The van der Waals surface area contributed by atoms with E-state index < -0.39 is 11.9 Å². The van der Waals surface area contributed by atoms with Crippen molar-refractivity contribution in [3.63, 3.8) is 0 Å². The van der Waals surface area contributed by atoms with Crippen molar-refractivity contribution in [2.24, 2.45) is 17.3 Å². The second-order valence-electron chi connectivity index (χ2n) is 8.75. The molecular formula is C24H38O6. The van der Waals surface area contributed by atoms with Gasteiger partial charge in [-0.05, 0) is 55.9 Å². The van der Waals surface area contributed by atoms with Crippen LogP contribution in [-0.4, -0.2) is 38.5 Å². The third-order valence-corrected chi connectivity index (χ3v) is 5.63. The van der Waals surface area contributed by atoms with Crippen LogP contribution in [0.5, 0.6) is 0 Å². The number of methoxy groups -OCH3 is 2. The maximum absolute atomic E-state index is 12.3. The molecule has 0 aromatic rings. The molecule has 0 saturated heterocycles. The molecule has 6 nitrogen and oxygen atoms in total. The molecule has 1 aliphatic rings. The number of rotatable bonds is 13. The molecule has 0 aliphatic heterocycles. The van der Waals surface area contributed by atoms with E-state index in [9.17, 15) is 14.4 Å². The highest BCUT2D eigenvalue weighted by atomic mass is 16.6. The fourth-order valence-electron chi connectivity index (χ4n) is 3.75. The van der Waals surface area contributed by atoms with E-state index in [0.29, 0.717) is 24.5 Å². The van der Waals surface area contributed by atoms with E-state index in [1.54, 1.807) is 13.2 Å². The van der Waals surface area contributed by atoms with Crippen LogP contribution in [0, 0.1) is 17.3 Å². The van der Waals surface area contributed by atoms with E-state index in [4.69, 9.17) is 9.47 Å². The lowest BCUT2D eigenvalue weighted by Gasteiger charge is -2.22. The van der Waals surface area contributed by atoms with Crippen molar-refractivity contribution in [3.05, 3.63) is 24.0 Å². The molecule has 30 heavy (non-hydrogen) atoms. The average Bonchev–Trinajstić information content (AvgIpc) is 3.04. The van der Waals surface area contributed by atoms with Crippen LogP contribution in [0.4, 0.5) is 0 Å². The Hall–Kier alpha value is -1.95. The highest BCUT2D eigenvalue weighted by molar-refractivity contribution is 5.89. The normalized spacial score (nSPS) is 20.0. The Morgan fingerprint density at radius 1 is 1.20 bits per heavy atom. The molecule has 1 aliphatic carbocycles. The van der Waals surface area contributed by atoms with Gasteiger partial charge in [-0.1, -0.05) is 32.4 Å². The molecule has 1 fully saturated rings. The lowest BCUT2D eigenvalue weighted by atomic mass is 9.84. The van der Waals surface area contributed by atoms with E-state index in [1.807, 2.05) is 0 Å². The van der Waals surface area contributed by atoms with Gasteiger partial charge >= 0.3 is 11.9 Å². The van der Waals surface area contributed by atoms with Gasteiger partial charge in [0, 0.05) is 33.0 Å². The Morgan fingerprint density at radius 3 is 2.57 bits per heavy atom. The first-order valence-corrected chi connectivity index (χ1v) is 10.9. The molecule has 2 atom stereocenters. The topological polar surface area (TPSA) is 78.9 Å². The van der Waals surface area contributed by atoms with Gasteiger partial charge in [0.25, 0.3) is 0 Å². The Kier molecular flexibility index (Phi) is 11.6. The van der Waals surface area contributed by atoms with Gasteiger partial charge in [0.2, 0.25) is 5.76 Å². The zero-order valence-corrected chi connectivity index (χ0v) is 19.2. The van der Waals surface area contributed by atoms with Crippen LogP contribution >= 0.6 is 0 Å². The maximum atomic E-state index is 12.3. The molecule has 0 radical (unpaired) electrons. The van der Waals surface area contributed by atoms with E-state index in [2.05, 4.69) is 30.7 Å². The van der Waals surface area contributed by atoms with Crippen molar-refractivity contribution in [1.82, 2.24) is 0 Å². The largest absolute Gasteiger partial charge is 0.463 e. The minimum atomic E-state index is -0.658. The number of hydrogen-bond acceptors (Lipinski definition) is 6. The van der Waals surface area contributed by atoms with Crippen LogP contribution in [0.2, 0.25) is 0 Å². The van der Waals surface area contributed by atoms with Gasteiger partial charge in [-0.15, -0.1) is 0 Å². The van der Waals surface area contributed by atoms with E-state index in [0.717, 1.165) is 45.1 Å². The molecule has 0 heterocycles. The van der Waals surface area contributed by atoms with Gasteiger partial charge in [-0.3, -0.25) is 9.59 Å². The average molecular weight is 423 g/mol. The van der Waals surface area contributed by atoms with E-state index >= 15 is 0 Å². The minimum Gasteiger partial charge on any atom is -0.463 e. The van der Waals surface area contributed by atoms with Gasteiger partial charge < -0.3 is 14.2 Å². The number of carbonyl (C=O) groups excluding carboxylic acids is 3. The summed E-state index contributed by atoms with van der Waals surface area (Å²) in [4.78, 5) is 35.0. The van der Waals surface area contributed by atoms with Crippen molar-refractivity contribution >= 4 is 17.7 Å².